The Hall–Kier alpha value is -1.64. The van der Waals surface area contributed by atoms with Gasteiger partial charge in [-0.1, -0.05) is 26.0 Å². The first-order valence-corrected chi connectivity index (χ1v) is 7.63. The standard InChI is InChI=1S/C17H23N3/c1-11-8-9-14(12(2)10-11)19-17-13(3)18-15-6-4-5-7-16(15)20-17/h4-7,11-12,14H,8-10H2,1-3H3,(H,19,20). The lowest BCUT2D eigenvalue weighted by Gasteiger charge is -2.33. The molecule has 0 bridgehead atoms. The highest BCUT2D eigenvalue weighted by atomic mass is 15.0. The molecule has 1 heterocycles. The molecule has 0 amide bonds. The molecule has 3 unspecified atom stereocenters. The van der Waals surface area contributed by atoms with Crippen molar-refractivity contribution in [3.05, 3.63) is 30.0 Å². The molecule has 1 N–H and O–H groups in total. The number of benzene rings is 1. The summed E-state index contributed by atoms with van der Waals surface area (Å²) in [5.74, 6) is 2.51. The van der Waals surface area contributed by atoms with Crippen LogP contribution in [-0.4, -0.2) is 16.0 Å². The van der Waals surface area contributed by atoms with Crippen LogP contribution in [0.25, 0.3) is 11.0 Å². The van der Waals surface area contributed by atoms with Gasteiger partial charge >= 0.3 is 0 Å². The summed E-state index contributed by atoms with van der Waals surface area (Å²) in [7, 11) is 0. The van der Waals surface area contributed by atoms with Crippen molar-refractivity contribution in [1.29, 1.82) is 0 Å². The normalized spacial score (nSPS) is 26.6. The van der Waals surface area contributed by atoms with Gasteiger partial charge in [0.2, 0.25) is 0 Å². The van der Waals surface area contributed by atoms with Crippen LogP contribution in [-0.2, 0) is 0 Å². The highest BCUT2D eigenvalue weighted by Gasteiger charge is 2.25. The summed E-state index contributed by atoms with van der Waals surface area (Å²) < 4.78 is 0. The van der Waals surface area contributed by atoms with Crippen LogP contribution in [0.3, 0.4) is 0 Å². The van der Waals surface area contributed by atoms with Crippen LogP contribution in [0.1, 0.15) is 38.8 Å². The summed E-state index contributed by atoms with van der Waals surface area (Å²) in [6.45, 7) is 6.74. The Morgan fingerprint density at radius 1 is 1.05 bits per heavy atom. The zero-order chi connectivity index (χ0) is 14.1. The van der Waals surface area contributed by atoms with Crippen LogP contribution in [0.4, 0.5) is 5.82 Å². The molecule has 3 atom stereocenters. The van der Waals surface area contributed by atoms with Crippen molar-refractivity contribution in [2.24, 2.45) is 11.8 Å². The van der Waals surface area contributed by atoms with E-state index >= 15 is 0 Å². The molecule has 0 saturated heterocycles. The van der Waals surface area contributed by atoms with Gasteiger partial charge in [-0.15, -0.1) is 0 Å². The van der Waals surface area contributed by atoms with Gasteiger partial charge in [0.1, 0.15) is 5.82 Å². The quantitative estimate of drug-likeness (QED) is 0.889. The highest BCUT2D eigenvalue weighted by molar-refractivity contribution is 5.76. The number of hydrogen-bond acceptors (Lipinski definition) is 3. The molecule has 1 saturated carbocycles. The van der Waals surface area contributed by atoms with E-state index in [2.05, 4.69) is 24.1 Å². The summed E-state index contributed by atoms with van der Waals surface area (Å²) in [5.41, 5.74) is 2.94. The van der Waals surface area contributed by atoms with Crippen molar-refractivity contribution in [3.63, 3.8) is 0 Å². The summed E-state index contributed by atoms with van der Waals surface area (Å²) in [5, 5.41) is 3.64. The van der Waals surface area contributed by atoms with Crippen LogP contribution in [0.15, 0.2) is 24.3 Å². The second-order valence-corrected chi connectivity index (χ2v) is 6.29. The zero-order valence-electron chi connectivity index (χ0n) is 12.6. The van der Waals surface area contributed by atoms with Crippen LogP contribution >= 0.6 is 0 Å². The van der Waals surface area contributed by atoms with E-state index in [4.69, 9.17) is 4.98 Å². The Bertz CT molecular complexity index is 608. The predicted octanol–water partition coefficient (Wildman–Crippen LogP) is 4.17. The number of anilines is 1. The minimum Gasteiger partial charge on any atom is -0.366 e. The first-order valence-electron chi connectivity index (χ1n) is 7.63. The second kappa shape index (κ2) is 5.39. The molecule has 2 aromatic rings. The second-order valence-electron chi connectivity index (χ2n) is 6.29. The molecule has 1 fully saturated rings. The number of rotatable bonds is 2. The fraction of sp³-hybridized carbons (Fsp3) is 0.529. The highest BCUT2D eigenvalue weighted by Crippen LogP contribution is 2.31. The molecule has 106 valence electrons. The smallest absolute Gasteiger partial charge is 0.148 e. The topological polar surface area (TPSA) is 37.8 Å². The third-order valence-corrected chi connectivity index (χ3v) is 4.50. The third-order valence-electron chi connectivity index (χ3n) is 4.50. The number of para-hydroxylation sites is 2. The van der Waals surface area contributed by atoms with Gasteiger partial charge in [0, 0.05) is 6.04 Å². The van der Waals surface area contributed by atoms with Gasteiger partial charge in [-0.2, -0.15) is 0 Å². The number of aromatic nitrogens is 2. The number of nitrogens with one attached hydrogen (secondary N) is 1. The van der Waals surface area contributed by atoms with E-state index in [0.717, 1.165) is 28.5 Å². The van der Waals surface area contributed by atoms with Crippen molar-refractivity contribution in [2.75, 3.05) is 5.32 Å². The molecule has 20 heavy (non-hydrogen) atoms. The maximum atomic E-state index is 4.75. The Balaban J connectivity index is 1.85. The summed E-state index contributed by atoms with van der Waals surface area (Å²) in [6.07, 6.45) is 3.84. The molecule has 1 aliphatic rings. The van der Waals surface area contributed by atoms with E-state index in [-0.39, 0.29) is 0 Å². The number of fused-ring (bicyclic) bond motifs is 1. The van der Waals surface area contributed by atoms with Gasteiger partial charge in [0.15, 0.2) is 0 Å². The Labute approximate surface area is 120 Å². The minimum atomic E-state index is 0.528. The molecule has 1 aliphatic carbocycles. The van der Waals surface area contributed by atoms with Crippen LogP contribution < -0.4 is 5.32 Å². The minimum absolute atomic E-state index is 0.528. The largest absolute Gasteiger partial charge is 0.366 e. The first kappa shape index (κ1) is 13.3. The molecule has 3 nitrogen and oxygen atoms in total. The lowest BCUT2D eigenvalue weighted by Crippen LogP contribution is -2.33. The lowest BCUT2D eigenvalue weighted by molar-refractivity contribution is 0.276. The molecule has 0 aliphatic heterocycles. The number of aryl methyl sites for hydroxylation is 1. The van der Waals surface area contributed by atoms with Gasteiger partial charge < -0.3 is 5.32 Å². The SMILES string of the molecule is Cc1nc2ccccc2nc1NC1CCC(C)CC1C. The van der Waals surface area contributed by atoms with E-state index in [9.17, 15) is 0 Å². The monoisotopic (exact) mass is 269 g/mol. The van der Waals surface area contributed by atoms with Crippen LogP contribution in [0.5, 0.6) is 0 Å². The summed E-state index contributed by atoms with van der Waals surface area (Å²) in [6, 6.07) is 8.60. The lowest BCUT2D eigenvalue weighted by atomic mass is 9.80. The maximum absolute atomic E-state index is 4.75. The van der Waals surface area contributed by atoms with E-state index in [1.165, 1.54) is 19.3 Å². The number of hydrogen-bond donors (Lipinski definition) is 1. The Morgan fingerprint density at radius 3 is 2.45 bits per heavy atom. The fourth-order valence-corrected chi connectivity index (χ4v) is 3.28. The van der Waals surface area contributed by atoms with Gasteiger partial charge in [-0.25, -0.2) is 9.97 Å². The van der Waals surface area contributed by atoms with Gasteiger partial charge in [-0.3, -0.25) is 0 Å². The van der Waals surface area contributed by atoms with E-state index in [1.807, 2.05) is 31.2 Å². The van der Waals surface area contributed by atoms with Gasteiger partial charge in [0.25, 0.3) is 0 Å². The fourth-order valence-electron chi connectivity index (χ4n) is 3.28. The molecular weight excluding hydrogens is 246 g/mol. The van der Waals surface area contributed by atoms with Crippen molar-refractivity contribution < 1.29 is 0 Å². The average Bonchev–Trinajstić information content (AvgIpc) is 2.42. The Morgan fingerprint density at radius 2 is 1.75 bits per heavy atom. The molecule has 1 aromatic carbocycles. The third kappa shape index (κ3) is 2.62. The first-order chi connectivity index (χ1) is 9.63. The molecule has 1 aromatic heterocycles. The molecule has 0 radical (unpaired) electrons. The van der Waals surface area contributed by atoms with Crippen molar-refractivity contribution in [2.45, 2.75) is 46.1 Å². The van der Waals surface area contributed by atoms with Crippen LogP contribution in [0, 0.1) is 18.8 Å². The maximum Gasteiger partial charge on any atom is 0.148 e. The molecular formula is C17H23N3. The Kier molecular flexibility index (Phi) is 3.60. The molecule has 3 heteroatoms. The zero-order valence-corrected chi connectivity index (χ0v) is 12.6. The van der Waals surface area contributed by atoms with E-state index in [0.29, 0.717) is 12.0 Å². The average molecular weight is 269 g/mol. The summed E-state index contributed by atoms with van der Waals surface area (Å²) in [4.78, 5) is 9.40. The summed E-state index contributed by atoms with van der Waals surface area (Å²) >= 11 is 0. The van der Waals surface area contributed by atoms with Crippen molar-refractivity contribution in [3.8, 4) is 0 Å². The van der Waals surface area contributed by atoms with Crippen molar-refractivity contribution in [1.82, 2.24) is 9.97 Å². The predicted molar refractivity (Wildman–Crippen MR) is 83.9 cm³/mol. The van der Waals surface area contributed by atoms with Crippen LogP contribution in [0.2, 0.25) is 0 Å². The van der Waals surface area contributed by atoms with E-state index < -0.39 is 0 Å². The van der Waals surface area contributed by atoms with Gasteiger partial charge in [0.05, 0.1) is 16.7 Å². The van der Waals surface area contributed by atoms with E-state index in [1.54, 1.807) is 0 Å². The van der Waals surface area contributed by atoms with Gasteiger partial charge in [-0.05, 0) is 50.2 Å². The number of nitrogens with zero attached hydrogens (tertiary/aromatic N) is 2. The molecule has 3 rings (SSSR count). The van der Waals surface area contributed by atoms with Crippen molar-refractivity contribution >= 4 is 16.9 Å². The molecule has 0 spiro atoms.